The van der Waals surface area contributed by atoms with Gasteiger partial charge in [-0.15, -0.1) is 0 Å². The molecule has 15 atom stereocenters. The maximum Gasteiger partial charge on any atom is 0.245 e. The average molecular weight is 1600 g/mol. The van der Waals surface area contributed by atoms with Crippen molar-refractivity contribution in [2.45, 2.75) is 196 Å². The van der Waals surface area contributed by atoms with Gasteiger partial charge in [0, 0.05) is 42.9 Å². The SMILES string of the molecule is CC[C@H](C)[C@H](NC(=O)[C@H](CC(N)=O)NC(=O)[C@H](Cc1c[nH]c2ccccc12)NC(=O)[C@H](CO)NC(=O)[C@H](Cc1ccc(O)cc1)NC(=O)[C@H](C)NC(=O)[C@H](CCCCN)NC(=O)[C@@H](NC(=O)[C@@H](N)CO)[C@@H](C)O)C(=O)N[C@@H](CO)C(=O)N[C@@H](CCCNC(=N)N)C(=O)N[C@@H](CCCCN)C(=O)N[C@@H](Cc1ccc(O)cc1)C(N)=O. The molecule has 114 heavy (non-hydrogen) atoms. The highest BCUT2D eigenvalue weighted by molar-refractivity contribution is 6.01. The van der Waals surface area contributed by atoms with E-state index >= 15 is 0 Å². The van der Waals surface area contributed by atoms with Crippen LogP contribution in [0.2, 0.25) is 0 Å². The number of unbranched alkanes of at least 4 members (excludes halogenated alkanes) is 2. The summed E-state index contributed by atoms with van der Waals surface area (Å²) in [6.07, 6.45) is -0.605. The zero-order valence-corrected chi connectivity index (χ0v) is 64.0. The lowest BCUT2D eigenvalue weighted by atomic mass is 9.97. The maximum atomic E-state index is 14.8. The molecule has 1 aromatic heterocycles. The van der Waals surface area contributed by atoms with E-state index in [0.29, 0.717) is 46.9 Å². The Morgan fingerprint density at radius 3 is 1.33 bits per heavy atom. The highest BCUT2D eigenvalue weighted by Crippen LogP contribution is 2.21. The number of phenolic OH excluding ortho intramolecular Hbond substituents is 2. The van der Waals surface area contributed by atoms with E-state index in [2.05, 4.69) is 74.1 Å². The van der Waals surface area contributed by atoms with Crippen LogP contribution in [0.5, 0.6) is 11.5 Å². The van der Waals surface area contributed by atoms with Crippen LogP contribution in [-0.4, -0.2) is 248 Å². The van der Waals surface area contributed by atoms with E-state index in [9.17, 15) is 97.8 Å². The normalized spacial score (nSPS) is 15.1. The zero-order valence-electron chi connectivity index (χ0n) is 64.0. The first-order valence-corrected chi connectivity index (χ1v) is 37.2. The molecule has 3 aromatic carbocycles. The lowest BCUT2D eigenvalue weighted by molar-refractivity contribution is -0.137. The van der Waals surface area contributed by atoms with Gasteiger partial charge in [0.25, 0.3) is 0 Å². The van der Waals surface area contributed by atoms with Gasteiger partial charge in [-0.25, -0.2) is 0 Å². The highest BCUT2D eigenvalue weighted by Gasteiger charge is 2.39. The number of H-pyrrole nitrogens is 1. The number of aromatic nitrogens is 1. The van der Waals surface area contributed by atoms with E-state index in [1.807, 2.05) is 0 Å². The van der Waals surface area contributed by atoms with Crippen LogP contribution in [0.1, 0.15) is 109 Å². The summed E-state index contributed by atoms with van der Waals surface area (Å²) in [6, 6.07) is -3.19. The summed E-state index contributed by atoms with van der Waals surface area (Å²) in [7, 11) is 0. The van der Waals surface area contributed by atoms with Crippen LogP contribution in [0.4, 0.5) is 0 Å². The monoisotopic (exact) mass is 1600 g/mol. The van der Waals surface area contributed by atoms with Gasteiger partial charge < -0.3 is 139 Å². The molecule has 0 fully saturated rings. The lowest BCUT2D eigenvalue weighted by Gasteiger charge is -2.29. The molecule has 41 heteroatoms. The number of benzene rings is 3. The van der Waals surface area contributed by atoms with E-state index in [1.54, 1.807) is 31.2 Å². The third kappa shape index (κ3) is 31.5. The average Bonchev–Trinajstić information content (AvgIpc) is 1.67. The Balaban J connectivity index is 1.61. The number of aromatic hydroxyl groups is 2. The molecule has 41 nitrogen and oxygen atoms in total. The lowest BCUT2D eigenvalue weighted by Crippen LogP contribution is -2.62. The summed E-state index contributed by atoms with van der Waals surface area (Å²) in [4.78, 5) is 198. The third-order valence-electron chi connectivity index (χ3n) is 18.4. The number of nitrogens with two attached hydrogens (primary N) is 6. The molecule has 0 spiro atoms. The van der Waals surface area contributed by atoms with Gasteiger partial charge in [0.2, 0.25) is 82.7 Å². The van der Waals surface area contributed by atoms with Crippen LogP contribution in [0.25, 0.3) is 10.9 Å². The van der Waals surface area contributed by atoms with Gasteiger partial charge in [0.15, 0.2) is 5.96 Å². The van der Waals surface area contributed by atoms with Crippen LogP contribution in [0.3, 0.4) is 0 Å². The van der Waals surface area contributed by atoms with Gasteiger partial charge in [-0.3, -0.25) is 72.5 Å². The summed E-state index contributed by atoms with van der Waals surface area (Å²) in [5.74, 6) is -16.4. The Hall–Kier alpha value is -11.6. The molecule has 0 saturated heterocycles. The molecule has 1 heterocycles. The van der Waals surface area contributed by atoms with Crippen LogP contribution in [0, 0.1) is 11.3 Å². The van der Waals surface area contributed by atoms with Crippen LogP contribution in [-0.2, 0) is 86.4 Å². The molecule has 4 aromatic rings. The largest absolute Gasteiger partial charge is 0.508 e. The van der Waals surface area contributed by atoms with Gasteiger partial charge in [-0.2, -0.15) is 0 Å². The first kappa shape index (κ1) is 94.7. The second-order valence-electron chi connectivity index (χ2n) is 27.5. The number of aromatic amines is 1. The van der Waals surface area contributed by atoms with E-state index in [1.165, 1.54) is 75.5 Å². The quantitative estimate of drug-likeness (QED) is 0.0111. The number of guanidine groups is 1. The third-order valence-corrected chi connectivity index (χ3v) is 18.4. The first-order chi connectivity index (χ1) is 54.1. The number of nitrogens with one attached hydrogen (secondary N) is 15. The summed E-state index contributed by atoms with van der Waals surface area (Å²) in [6.45, 7) is 2.86. The van der Waals surface area contributed by atoms with E-state index in [0.717, 1.165) is 0 Å². The number of hydrogen-bond acceptors (Lipinski definition) is 24. The van der Waals surface area contributed by atoms with E-state index < -0.39 is 212 Å². The van der Waals surface area contributed by atoms with Crippen molar-refractivity contribution in [2.75, 3.05) is 39.5 Å². The van der Waals surface area contributed by atoms with Gasteiger partial charge in [-0.05, 0) is 131 Å². The second-order valence-corrected chi connectivity index (χ2v) is 27.5. The molecular formula is C73H111N21O20. The van der Waals surface area contributed by atoms with Crippen molar-refractivity contribution in [2.24, 2.45) is 40.3 Å². The van der Waals surface area contributed by atoms with Crippen molar-refractivity contribution in [1.82, 2.24) is 74.1 Å². The van der Waals surface area contributed by atoms with Crippen molar-refractivity contribution in [1.29, 1.82) is 5.41 Å². The molecule has 0 aliphatic rings. The molecule has 0 aliphatic carbocycles. The Bertz CT molecular complexity index is 3910. The molecule has 14 amide bonds. The Labute approximate surface area is 657 Å². The van der Waals surface area contributed by atoms with Crippen LogP contribution >= 0.6 is 0 Å². The number of carbonyl (C=O) groups excluding carboxylic acids is 14. The van der Waals surface area contributed by atoms with Gasteiger partial charge in [0.05, 0.1) is 32.3 Å². The minimum absolute atomic E-state index is 0.00548. The topological polar surface area (TPSA) is 713 Å². The predicted octanol–water partition coefficient (Wildman–Crippen LogP) is -7.94. The van der Waals surface area contributed by atoms with Crippen molar-refractivity contribution >= 4 is 99.6 Å². The molecule has 4 rings (SSSR count). The number of carbonyl (C=O) groups is 14. The Morgan fingerprint density at radius 2 is 0.851 bits per heavy atom. The molecule has 0 aliphatic heterocycles. The summed E-state index contributed by atoms with van der Waals surface area (Å²) < 4.78 is 0. The zero-order chi connectivity index (χ0) is 84.9. The molecule has 0 unspecified atom stereocenters. The van der Waals surface area contributed by atoms with Gasteiger partial charge in [0.1, 0.15) is 90.0 Å². The number of amides is 14. The molecule has 628 valence electrons. The van der Waals surface area contributed by atoms with Crippen molar-refractivity contribution in [3.63, 3.8) is 0 Å². The molecule has 0 radical (unpaired) electrons. The number of rotatable bonds is 51. The van der Waals surface area contributed by atoms with Crippen LogP contribution in [0.15, 0.2) is 79.0 Å². The standard InChI is InChI=1S/C73H111N21O20/c1-5-37(2)58(71(113)92-56(36-97)69(111)85-50(17-12-28-81-73(79)80)64(106)84-49(16-9-11-27-75)65(107)87-51(60(78)102)29-40-18-22-43(99)23-19-40)93-68(110)54(32-57(77)101)90-67(109)53(31-42-33-82-47-14-7-6-13-45(42)47)89-70(112)55(35-96)91-66(108)52(30-41-20-24-44(100)25-21-41)88-61(103)38(3)83-63(105)48(15-8-10-26-74)86-72(114)59(39(4)98)94-62(104)46(76)34-95/h6-7,13-14,18-25,33,37-39,46,48-56,58-59,82,95-100H,5,8-12,15-17,26-32,34-36,74-76H2,1-4H3,(H2,77,101)(H2,78,102)(H,83,105)(H,84,106)(H,85,111)(H,86,114)(H,87,107)(H,88,103)(H,89,112)(H,90,109)(H,91,108)(H,92,113)(H,93,110)(H,94,104)(H4,79,80,81)/t37-,38-,39+,46-,48-,49-,50-,51-,52-,53-,54-,55-,56-,58-,59-/m0/s1. The fourth-order valence-electron chi connectivity index (χ4n) is 11.6. The number of phenols is 2. The van der Waals surface area contributed by atoms with E-state index in [4.69, 9.17) is 39.8 Å². The summed E-state index contributed by atoms with van der Waals surface area (Å²) in [5, 5.41) is 101. The van der Waals surface area contributed by atoms with Crippen molar-refractivity contribution < 1.29 is 97.8 Å². The fraction of sp³-hybridized carbons (Fsp3) is 0.521. The number of hydrogen-bond donors (Lipinski definition) is 27. The Morgan fingerprint density at radius 1 is 0.447 bits per heavy atom. The minimum Gasteiger partial charge on any atom is -0.508 e. The smallest absolute Gasteiger partial charge is 0.245 e. The predicted molar refractivity (Wildman–Crippen MR) is 413 cm³/mol. The fourth-order valence-corrected chi connectivity index (χ4v) is 11.6. The molecule has 0 saturated carbocycles. The van der Waals surface area contributed by atoms with Crippen molar-refractivity contribution in [3.8, 4) is 11.5 Å². The minimum atomic E-state index is -1.95. The number of aliphatic hydroxyl groups excluding tert-OH is 4. The number of aliphatic hydroxyl groups is 4. The Kier molecular flexibility index (Phi) is 40.2. The number of para-hydroxylation sites is 1. The van der Waals surface area contributed by atoms with Gasteiger partial charge in [-0.1, -0.05) is 62.7 Å². The summed E-state index contributed by atoms with van der Waals surface area (Å²) in [5.41, 5.74) is 35.6. The van der Waals surface area contributed by atoms with Crippen LogP contribution < -0.4 is 104 Å². The second kappa shape index (κ2) is 48.3. The van der Waals surface area contributed by atoms with E-state index in [-0.39, 0.29) is 82.5 Å². The van der Waals surface area contributed by atoms with Crippen molar-refractivity contribution in [3.05, 3.63) is 95.7 Å². The summed E-state index contributed by atoms with van der Waals surface area (Å²) >= 11 is 0. The van der Waals surface area contributed by atoms with Gasteiger partial charge >= 0.3 is 0 Å². The first-order valence-electron chi connectivity index (χ1n) is 37.2. The number of fused-ring (bicyclic) bond motifs is 1. The molecular weight excluding hydrogens is 1490 g/mol. The maximum absolute atomic E-state index is 14.8. The number of primary amides is 2. The molecule has 33 N–H and O–H groups in total. The highest BCUT2D eigenvalue weighted by atomic mass is 16.3. The molecule has 0 bridgehead atoms.